The van der Waals surface area contributed by atoms with Crippen LogP contribution >= 0.6 is 27.5 Å². The molecule has 0 unspecified atom stereocenters. The Morgan fingerprint density at radius 3 is 2.46 bits per heavy atom. The van der Waals surface area contributed by atoms with Gasteiger partial charge in [0.1, 0.15) is 6.61 Å². The van der Waals surface area contributed by atoms with E-state index in [1.165, 1.54) is 5.56 Å². The van der Waals surface area contributed by atoms with Crippen molar-refractivity contribution < 1.29 is 9.47 Å². The predicted octanol–water partition coefficient (Wildman–Crippen LogP) is 6.54. The van der Waals surface area contributed by atoms with Crippen LogP contribution in [0.25, 0.3) is 0 Å². The lowest BCUT2D eigenvalue weighted by Gasteiger charge is -2.17. The van der Waals surface area contributed by atoms with Crippen molar-refractivity contribution in [2.24, 2.45) is 0 Å². The molecule has 0 bridgehead atoms. The molecule has 0 radical (unpaired) electrons. The number of ether oxygens (including phenoxy) is 2. The van der Waals surface area contributed by atoms with Gasteiger partial charge in [0.25, 0.3) is 0 Å². The van der Waals surface area contributed by atoms with Crippen LogP contribution in [0.2, 0.25) is 5.02 Å². The zero-order chi connectivity index (χ0) is 19.9. The van der Waals surface area contributed by atoms with Gasteiger partial charge in [0.2, 0.25) is 0 Å². The summed E-state index contributed by atoms with van der Waals surface area (Å²) in [4.78, 5) is 0. The van der Waals surface area contributed by atoms with E-state index in [9.17, 15) is 0 Å². The molecule has 3 aromatic rings. The number of hydrogen-bond donors (Lipinski definition) is 1. The van der Waals surface area contributed by atoms with Gasteiger partial charge < -0.3 is 14.8 Å². The third-order valence-corrected chi connectivity index (χ3v) is 5.49. The molecule has 0 fully saturated rings. The molecule has 3 nitrogen and oxygen atoms in total. The van der Waals surface area contributed by atoms with Crippen LogP contribution in [0.3, 0.4) is 0 Å². The van der Waals surface area contributed by atoms with E-state index in [-0.39, 0.29) is 6.04 Å². The van der Waals surface area contributed by atoms with Gasteiger partial charge in [-0.3, -0.25) is 0 Å². The van der Waals surface area contributed by atoms with Crippen molar-refractivity contribution in [2.75, 3.05) is 7.11 Å². The molecule has 0 spiro atoms. The van der Waals surface area contributed by atoms with Crippen LogP contribution in [0, 0.1) is 0 Å². The summed E-state index contributed by atoms with van der Waals surface area (Å²) in [7, 11) is 1.65. The van der Waals surface area contributed by atoms with Crippen LogP contribution in [0.4, 0.5) is 0 Å². The SMILES string of the molecule is COc1cc(CN[C@H](C)c2ccccc2)cc(Br)c1OCc1ccccc1Cl. The lowest BCUT2D eigenvalue weighted by molar-refractivity contribution is 0.282. The fourth-order valence-corrected chi connectivity index (χ4v) is 3.71. The maximum Gasteiger partial charge on any atom is 0.175 e. The molecule has 0 aliphatic heterocycles. The van der Waals surface area contributed by atoms with Crippen LogP contribution < -0.4 is 14.8 Å². The van der Waals surface area contributed by atoms with E-state index in [0.29, 0.717) is 23.1 Å². The Hall–Kier alpha value is -2.01. The highest BCUT2D eigenvalue weighted by molar-refractivity contribution is 9.10. The molecule has 0 aromatic heterocycles. The summed E-state index contributed by atoms with van der Waals surface area (Å²) in [5, 5.41) is 4.23. The molecule has 1 N–H and O–H groups in total. The monoisotopic (exact) mass is 459 g/mol. The van der Waals surface area contributed by atoms with Gasteiger partial charge in [-0.1, -0.05) is 60.1 Å². The highest BCUT2D eigenvalue weighted by Gasteiger charge is 2.13. The minimum Gasteiger partial charge on any atom is -0.493 e. The molecule has 0 aliphatic carbocycles. The van der Waals surface area contributed by atoms with Gasteiger partial charge in [-0.05, 0) is 52.2 Å². The molecule has 0 saturated heterocycles. The third kappa shape index (κ3) is 5.28. The zero-order valence-electron chi connectivity index (χ0n) is 15.9. The van der Waals surface area contributed by atoms with E-state index >= 15 is 0 Å². The second-order valence-electron chi connectivity index (χ2n) is 6.50. The maximum atomic E-state index is 6.22. The number of methoxy groups -OCH3 is 1. The average Bonchev–Trinajstić information content (AvgIpc) is 2.72. The van der Waals surface area contributed by atoms with E-state index in [1.807, 2.05) is 36.4 Å². The number of hydrogen-bond acceptors (Lipinski definition) is 3. The summed E-state index contributed by atoms with van der Waals surface area (Å²) in [5.74, 6) is 1.35. The smallest absolute Gasteiger partial charge is 0.175 e. The molecule has 0 saturated carbocycles. The van der Waals surface area contributed by atoms with Crippen LogP contribution in [0.1, 0.15) is 29.7 Å². The first-order valence-electron chi connectivity index (χ1n) is 9.09. The molecule has 28 heavy (non-hydrogen) atoms. The quantitative estimate of drug-likeness (QED) is 0.414. The van der Waals surface area contributed by atoms with Crippen molar-refractivity contribution in [2.45, 2.75) is 26.1 Å². The van der Waals surface area contributed by atoms with E-state index < -0.39 is 0 Å². The average molecular weight is 461 g/mol. The predicted molar refractivity (Wildman–Crippen MR) is 118 cm³/mol. The minimum atomic E-state index is 0.252. The summed E-state index contributed by atoms with van der Waals surface area (Å²) < 4.78 is 12.4. The fourth-order valence-electron chi connectivity index (χ4n) is 2.91. The van der Waals surface area contributed by atoms with Gasteiger partial charge in [0.05, 0.1) is 11.6 Å². The Morgan fingerprint density at radius 2 is 1.75 bits per heavy atom. The molecule has 0 amide bonds. The van der Waals surface area contributed by atoms with Crippen LogP contribution in [0.15, 0.2) is 71.2 Å². The second kappa shape index (κ2) is 9.97. The molecule has 0 aliphatic rings. The molecule has 3 aromatic carbocycles. The second-order valence-corrected chi connectivity index (χ2v) is 7.76. The third-order valence-electron chi connectivity index (χ3n) is 4.53. The van der Waals surface area contributed by atoms with Crippen molar-refractivity contribution in [3.8, 4) is 11.5 Å². The number of rotatable bonds is 8. The number of halogens is 2. The standard InChI is InChI=1S/C23H23BrClNO2/c1-16(18-8-4-3-5-9-18)26-14-17-12-20(24)23(22(13-17)27-2)28-15-19-10-6-7-11-21(19)25/h3-13,16,26H,14-15H2,1-2H3/t16-/m1/s1. The van der Waals surface area contributed by atoms with Gasteiger partial charge in [-0.2, -0.15) is 0 Å². The van der Waals surface area contributed by atoms with Crippen LogP contribution in [-0.4, -0.2) is 7.11 Å². The van der Waals surface area contributed by atoms with Gasteiger partial charge in [0, 0.05) is 23.2 Å². The summed E-state index contributed by atoms with van der Waals surface area (Å²) >= 11 is 9.84. The van der Waals surface area contributed by atoms with Crippen molar-refractivity contribution in [3.63, 3.8) is 0 Å². The van der Waals surface area contributed by atoms with Gasteiger partial charge in [-0.15, -0.1) is 0 Å². The Morgan fingerprint density at radius 1 is 1.04 bits per heavy atom. The maximum absolute atomic E-state index is 6.22. The van der Waals surface area contributed by atoms with Crippen molar-refractivity contribution in [3.05, 3.63) is 92.9 Å². The van der Waals surface area contributed by atoms with E-state index in [1.54, 1.807) is 7.11 Å². The Balaban J connectivity index is 1.69. The first-order valence-corrected chi connectivity index (χ1v) is 10.3. The summed E-state index contributed by atoms with van der Waals surface area (Å²) in [5.41, 5.74) is 3.30. The molecular weight excluding hydrogens is 438 g/mol. The summed E-state index contributed by atoms with van der Waals surface area (Å²) in [6.07, 6.45) is 0. The van der Waals surface area contributed by atoms with Crippen LogP contribution in [-0.2, 0) is 13.2 Å². The largest absolute Gasteiger partial charge is 0.493 e. The van der Waals surface area contributed by atoms with Gasteiger partial charge in [0.15, 0.2) is 11.5 Å². The summed E-state index contributed by atoms with van der Waals surface area (Å²) in [6, 6.07) is 22.3. The molecule has 5 heteroatoms. The topological polar surface area (TPSA) is 30.5 Å². The first-order chi connectivity index (χ1) is 13.6. The highest BCUT2D eigenvalue weighted by Crippen LogP contribution is 2.37. The lowest BCUT2D eigenvalue weighted by Crippen LogP contribution is -2.18. The molecule has 1 atom stereocenters. The van der Waals surface area contributed by atoms with E-state index in [4.69, 9.17) is 21.1 Å². The number of benzene rings is 3. The fraction of sp³-hybridized carbons (Fsp3) is 0.217. The zero-order valence-corrected chi connectivity index (χ0v) is 18.3. The molecule has 0 heterocycles. The van der Waals surface area contributed by atoms with E-state index in [2.05, 4.69) is 58.5 Å². The van der Waals surface area contributed by atoms with Crippen molar-refractivity contribution in [1.82, 2.24) is 5.32 Å². The highest BCUT2D eigenvalue weighted by atomic mass is 79.9. The Kier molecular flexibility index (Phi) is 7.37. The van der Waals surface area contributed by atoms with E-state index in [0.717, 1.165) is 22.1 Å². The molecule has 3 rings (SSSR count). The van der Waals surface area contributed by atoms with Gasteiger partial charge in [-0.25, -0.2) is 0 Å². The summed E-state index contributed by atoms with van der Waals surface area (Å²) in [6.45, 7) is 3.25. The van der Waals surface area contributed by atoms with Crippen LogP contribution in [0.5, 0.6) is 11.5 Å². The molecular formula is C23H23BrClNO2. The Labute approximate surface area is 179 Å². The number of nitrogens with one attached hydrogen (secondary N) is 1. The molecule has 146 valence electrons. The Bertz CT molecular complexity index is 918. The normalized spacial score (nSPS) is 11.9. The van der Waals surface area contributed by atoms with Crippen molar-refractivity contribution >= 4 is 27.5 Å². The minimum absolute atomic E-state index is 0.252. The first kappa shape index (κ1) is 20.7. The van der Waals surface area contributed by atoms with Gasteiger partial charge >= 0.3 is 0 Å². The van der Waals surface area contributed by atoms with Crippen molar-refractivity contribution in [1.29, 1.82) is 0 Å². The lowest BCUT2D eigenvalue weighted by atomic mass is 10.1.